The van der Waals surface area contributed by atoms with Crippen LogP contribution in [0.3, 0.4) is 0 Å². The summed E-state index contributed by atoms with van der Waals surface area (Å²) in [4.78, 5) is 2.45. The minimum Gasteiger partial charge on any atom is -0.309 e. The zero-order chi connectivity index (χ0) is 35.8. The van der Waals surface area contributed by atoms with E-state index in [2.05, 4.69) is 217 Å². The molecule has 0 amide bonds. The van der Waals surface area contributed by atoms with Crippen LogP contribution in [0.25, 0.3) is 75.5 Å². The van der Waals surface area contributed by atoms with Crippen molar-refractivity contribution in [2.75, 3.05) is 4.90 Å². The molecule has 0 saturated heterocycles. The summed E-state index contributed by atoms with van der Waals surface area (Å²) in [5.74, 6) is 0. The largest absolute Gasteiger partial charge is 0.309 e. The average molecular weight is 706 g/mol. The third-order valence-corrected chi connectivity index (χ3v) is 11.7. The Hall–Kier alpha value is -6.74. The molecule has 0 aliphatic heterocycles. The fourth-order valence-electron chi connectivity index (χ4n) is 7.76. The topological polar surface area (TPSA) is 3.24 Å². The van der Waals surface area contributed by atoms with Gasteiger partial charge in [-0.3, -0.25) is 0 Å². The number of thiophene rings is 1. The highest BCUT2D eigenvalue weighted by molar-refractivity contribution is 7.26. The van der Waals surface area contributed by atoms with Crippen molar-refractivity contribution in [2.24, 2.45) is 0 Å². The Kier molecular flexibility index (Phi) is 8.09. The molecule has 10 aromatic rings. The van der Waals surface area contributed by atoms with Gasteiger partial charge in [0.05, 0.1) is 10.4 Å². The molecule has 254 valence electrons. The lowest BCUT2D eigenvalue weighted by Gasteiger charge is -2.27. The maximum atomic E-state index is 2.45. The van der Waals surface area contributed by atoms with E-state index in [1.807, 2.05) is 11.3 Å². The highest BCUT2D eigenvalue weighted by Gasteiger charge is 2.20. The lowest BCUT2D eigenvalue weighted by molar-refractivity contribution is 1.30. The monoisotopic (exact) mass is 705 g/mol. The predicted octanol–water partition coefficient (Wildman–Crippen LogP) is 15.3. The first kappa shape index (κ1) is 32.0. The number of hydrogen-bond acceptors (Lipinski definition) is 2. The van der Waals surface area contributed by atoms with Gasteiger partial charge in [-0.25, -0.2) is 0 Å². The normalized spacial score (nSPS) is 11.3. The summed E-state index contributed by atoms with van der Waals surface area (Å²) >= 11 is 1.88. The standard InChI is InChI=1S/C52H35NS/c1-4-13-36(14-5-1)38-23-25-41(26-24-38)48-35-45(31-32-46(48)40-17-8-3-9-18-40)53(44-29-27-39(28-30-44)37-15-6-2-7-16-37)50-22-12-21-47-49-33-42-19-10-11-20-43(42)34-51(49)54-52(47)50/h1-35H. The summed E-state index contributed by atoms with van der Waals surface area (Å²) in [6.07, 6.45) is 0. The molecule has 0 aliphatic carbocycles. The minimum atomic E-state index is 1.11. The van der Waals surface area contributed by atoms with Crippen LogP contribution in [0.4, 0.5) is 17.1 Å². The van der Waals surface area contributed by atoms with Gasteiger partial charge in [-0.2, -0.15) is 0 Å². The van der Waals surface area contributed by atoms with Crippen molar-refractivity contribution in [3.05, 3.63) is 212 Å². The van der Waals surface area contributed by atoms with E-state index in [-0.39, 0.29) is 0 Å². The fraction of sp³-hybridized carbons (Fsp3) is 0. The first-order valence-electron chi connectivity index (χ1n) is 18.4. The van der Waals surface area contributed by atoms with Crippen LogP contribution in [-0.4, -0.2) is 0 Å². The van der Waals surface area contributed by atoms with E-state index >= 15 is 0 Å². The van der Waals surface area contributed by atoms with Gasteiger partial charge in [0.25, 0.3) is 0 Å². The molecular weight excluding hydrogens is 671 g/mol. The molecule has 1 aromatic heterocycles. The van der Waals surface area contributed by atoms with Crippen LogP contribution in [0.5, 0.6) is 0 Å². The summed E-state index contributed by atoms with van der Waals surface area (Å²) < 4.78 is 2.57. The Bertz CT molecular complexity index is 2890. The second-order valence-electron chi connectivity index (χ2n) is 13.7. The van der Waals surface area contributed by atoms with Gasteiger partial charge in [-0.05, 0) is 97.7 Å². The molecule has 0 fully saturated rings. The zero-order valence-corrected chi connectivity index (χ0v) is 30.4. The molecule has 9 aromatic carbocycles. The van der Waals surface area contributed by atoms with E-state index in [4.69, 9.17) is 0 Å². The molecule has 0 saturated carbocycles. The Labute approximate surface area is 319 Å². The van der Waals surface area contributed by atoms with Crippen molar-refractivity contribution in [3.8, 4) is 44.5 Å². The van der Waals surface area contributed by atoms with E-state index in [0.717, 1.165) is 11.4 Å². The lowest BCUT2D eigenvalue weighted by atomic mass is 9.92. The number of anilines is 3. The lowest BCUT2D eigenvalue weighted by Crippen LogP contribution is -2.10. The van der Waals surface area contributed by atoms with Gasteiger partial charge in [-0.1, -0.05) is 170 Å². The fourth-order valence-corrected chi connectivity index (χ4v) is 8.99. The molecular formula is C52H35NS. The zero-order valence-electron chi connectivity index (χ0n) is 29.6. The van der Waals surface area contributed by atoms with Crippen molar-refractivity contribution in [1.82, 2.24) is 0 Å². The van der Waals surface area contributed by atoms with E-state index < -0.39 is 0 Å². The van der Waals surface area contributed by atoms with Gasteiger partial charge in [0, 0.05) is 26.8 Å². The molecule has 1 heterocycles. The molecule has 0 radical (unpaired) electrons. The predicted molar refractivity (Wildman–Crippen MR) is 233 cm³/mol. The van der Waals surface area contributed by atoms with E-state index in [9.17, 15) is 0 Å². The van der Waals surface area contributed by atoms with Crippen molar-refractivity contribution < 1.29 is 0 Å². The molecule has 0 unspecified atom stereocenters. The van der Waals surface area contributed by atoms with Crippen molar-refractivity contribution >= 4 is 59.3 Å². The third-order valence-electron chi connectivity index (χ3n) is 10.5. The van der Waals surface area contributed by atoms with Crippen LogP contribution < -0.4 is 4.90 Å². The van der Waals surface area contributed by atoms with Gasteiger partial charge >= 0.3 is 0 Å². The smallest absolute Gasteiger partial charge is 0.0640 e. The number of nitrogens with zero attached hydrogens (tertiary/aromatic N) is 1. The minimum absolute atomic E-state index is 1.11. The van der Waals surface area contributed by atoms with Crippen LogP contribution in [-0.2, 0) is 0 Å². The Balaban J connectivity index is 1.18. The van der Waals surface area contributed by atoms with Gasteiger partial charge in [0.2, 0.25) is 0 Å². The molecule has 54 heavy (non-hydrogen) atoms. The van der Waals surface area contributed by atoms with Gasteiger partial charge < -0.3 is 4.90 Å². The molecule has 0 spiro atoms. The third kappa shape index (κ3) is 5.84. The first-order valence-corrected chi connectivity index (χ1v) is 19.2. The molecule has 2 heteroatoms. The van der Waals surface area contributed by atoms with Gasteiger partial charge in [0.15, 0.2) is 0 Å². The van der Waals surface area contributed by atoms with E-state index in [1.165, 1.54) is 81.1 Å². The van der Waals surface area contributed by atoms with Gasteiger partial charge in [0.1, 0.15) is 0 Å². The quantitative estimate of drug-likeness (QED) is 0.160. The summed E-state index contributed by atoms with van der Waals surface area (Å²) in [6.45, 7) is 0. The number of hydrogen-bond donors (Lipinski definition) is 0. The van der Waals surface area contributed by atoms with Crippen molar-refractivity contribution in [2.45, 2.75) is 0 Å². The molecule has 0 N–H and O–H groups in total. The van der Waals surface area contributed by atoms with Crippen LogP contribution in [0.15, 0.2) is 212 Å². The highest BCUT2D eigenvalue weighted by atomic mass is 32.1. The summed E-state index contributed by atoms with van der Waals surface area (Å²) in [5, 5.41) is 5.11. The molecule has 10 rings (SSSR count). The van der Waals surface area contributed by atoms with Gasteiger partial charge in [-0.15, -0.1) is 11.3 Å². The maximum absolute atomic E-state index is 2.45. The van der Waals surface area contributed by atoms with E-state index in [0.29, 0.717) is 0 Å². The highest BCUT2D eigenvalue weighted by Crippen LogP contribution is 2.47. The molecule has 0 bridgehead atoms. The summed E-state index contributed by atoms with van der Waals surface area (Å²) in [5.41, 5.74) is 13.0. The second-order valence-corrected chi connectivity index (χ2v) is 14.8. The Morgan fingerprint density at radius 1 is 0.315 bits per heavy atom. The van der Waals surface area contributed by atoms with Crippen LogP contribution >= 0.6 is 11.3 Å². The SMILES string of the molecule is c1ccc(-c2ccc(-c3cc(N(c4ccc(-c5ccccc5)cc4)c4cccc5c4sc4cc6ccccc6cc45)ccc3-c3ccccc3)cc2)cc1. The van der Waals surface area contributed by atoms with E-state index in [1.54, 1.807) is 0 Å². The summed E-state index contributed by atoms with van der Waals surface area (Å²) in [6, 6.07) is 77.1. The van der Waals surface area contributed by atoms with Crippen LogP contribution in [0.1, 0.15) is 0 Å². The molecule has 0 aliphatic rings. The second kappa shape index (κ2) is 13.7. The van der Waals surface area contributed by atoms with Crippen molar-refractivity contribution in [1.29, 1.82) is 0 Å². The number of fused-ring (bicyclic) bond motifs is 4. The Morgan fingerprint density at radius 2 is 0.815 bits per heavy atom. The Morgan fingerprint density at radius 3 is 1.46 bits per heavy atom. The van der Waals surface area contributed by atoms with Crippen LogP contribution in [0, 0.1) is 0 Å². The first-order chi connectivity index (χ1) is 26.8. The maximum Gasteiger partial charge on any atom is 0.0640 e. The number of benzene rings is 9. The number of rotatable bonds is 7. The molecule has 0 atom stereocenters. The summed E-state index contributed by atoms with van der Waals surface area (Å²) in [7, 11) is 0. The van der Waals surface area contributed by atoms with Crippen molar-refractivity contribution in [3.63, 3.8) is 0 Å². The average Bonchev–Trinajstić information content (AvgIpc) is 3.62. The molecule has 1 nitrogen and oxygen atoms in total. The van der Waals surface area contributed by atoms with Crippen LogP contribution in [0.2, 0.25) is 0 Å².